The van der Waals surface area contributed by atoms with Gasteiger partial charge in [-0.15, -0.1) is 0 Å². The monoisotopic (exact) mass is 378 g/mol. The maximum absolute atomic E-state index is 13.3. The minimum absolute atomic E-state index is 0.0246. The van der Waals surface area contributed by atoms with Crippen molar-refractivity contribution in [2.24, 2.45) is 0 Å². The molecule has 1 atom stereocenters. The summed E-state index contributed by atoms with van der Waals surface area (Å²) in [5.74, 6) is -1.12. The van der Waals surface area contributed by atoms with Crippen molar-refractivity contribution in [2.75, 3.05) is 24.9 Å². The highest BCUT2D eigenvalue weighted by Crippen LogP contribution is 2.40. The van der Waals surface area contributed by atoms with Crippen molar-refractivity contribution in [3.63, 3.8) is 0 Å². The Kier molecular flexibility index (Phi) is 4.99. The zero-order valence-electron chi connectivity index (χ0n) is 14.1. The Morgan fingerprint density at radius 3 is 2.58 bits per heavy atom. The summed E-state index contributed by atoms with van der Waals surface area (Å²) in [6, 6.07) is 7.15. The molecule has 0 aliphatic carbocycles. The first-order chi connectivity index (χ1) is 12.4. The fraction of sp³-hybridized carbons (Fsp3) is 0.222. The second kappa shape index (κ2) is 7.21. The number of fused-ring (bicyclic) bond motifs is 1. The standard InChI is InChI=1S/C18H16ClFN2O4/c1-25-15-6-10-11(7-17(23)22-14(10)8-16(15)26-2)18(24)21-9-3-4-13(20)12(19)5-9/h3-6,8,11H,7H2,1-2H3,(H,21,24)(H,22,23)/t11-/m0/s1. The number of hydrogen-bond acceptors (Lipinski definition) is 4. The number of amides is 2. The second-order valence-corrected chi connectivity index (χ2v) is 6.12. The summed E-state index contributed by atoms with van der Waals surface area (Å²) in [4.78, 5) is 24.7. The van der Waals surface area contributed by atoms with Gasteiger partial charge in [0.25, 0.3) is 0 Å². The van der Waals surface area contributed by atoms with Crippen LogP contribution in [-0.2, 0) is 9.59 Å². The lowest BCUT2D eigenvalue weighted by Crippen LogP contribution is -2.30. The molecule has 0 bridgehead atoms. The molecule has 1 aliphatic heterocycles. The third-order valence-electron chi connectivity index (χ3n) is 4.10. The van der Waals surface area contributed by atoms with Crippen LogP contribution in [0.3, 0.4) is 0 Å². The average molecular weight is 379 g/mol. The predicted octanol–water partition coefficient (Wildman–Crippen LogP) is 3.56. The average Bonchev–Trinajstić information content (AvgIpc) is 2.62. The maximum atomic E-state index is 13.3. The van der Waals surface area contributed by atoms with E-state index in [1.807, 2.05) is 0 Å². The van der Waals surface area contributed by atoms with Crippen LogP contribution in [0.4, 0.5) is 15.8 Å². The number of anilines is 2. The molecule has 2 N–H and O–H groups in total. The van der Waals surface area contributed by atoms with E-state index in [2.05, 4.69) is 10.6 Å². The Hall–Kier alpha value is -2.80. The van der Waals surface area contributed by atoms with Gasteiger partial charge in [-0.25, -0.2) is 4.39 Å². The molecule has 2 aromatic carbocycles. The van der Waals surface area contributed by atoms with Crippen LogP contribution in [-0.4, -0.2) is 26.0 Å². The van der Waals surface area contributed by atoms with Gasteiger partial charge in [0.1, 0.15) is 5.82 Å². The van der Waals surface area contributed by atoms with Gasteiger partial charge in [0, 0.05) is 23.9 Å². The number of methoxy groups -OCH3 is 2. The van der Waals surface area contributed by atoms with Crippen molar-refractivity contribution < 1.29 is 23.5 Å². The van der Waals surface area contributed by atoms with Crippen LogP contribution >= 0.6 is 11.6 Å². The summed E-state index contributed by atoms with van der Waals surface area (Å²) >= 11 is 5.74. The van der Waals surface area contributed by atoms with Gasteiger partial charge in [0.15, 0.2) is 11.5 Å². The first-order valence-electron chi connectivity index (χ1n) is 7.74. The van der Waals surface area contributed by atoms with Crippen LogP contribution < -0.4 is 20.1 Å². The molecular weight excluding hydrogens is 363 g/mol. The van der Waals surface area contributed by atoms with E-state index >= 15 is 0 Å². The summed E-state index contributed by atoms with van der Waals surface area (Å²) in [5, 5.41) is 5.29. The molecule has 8 heteroatoms. The SMILES string of the molecule is COc1cc2c(cc1OC)[C@@H](C(=O)Nc1ccc(F)c(Cl)c1)CC(=O)N2. The lowest BCUT2D eigenvalue weighted by molar-refractivity contribution is -0.123. The van der Waals surface area contributed by atoms with E-state index in [1.54, 1.807) is 12.1 Å². The zero-order valence-corrected chi connectivity index (χ0v) is 14.8. The minimum Gasteiger partial charge on any atom is -0.493 e. The van der Waals surface area contributed by atoms with Gasteiger partial charge < -0.3 is 20.1 Å². The fourth-order valence-corrected chi connectivity index (χ4v) is 3.01. The van der Waals surface area contributed by atoms with Crippen LogP contribution in [0, 0.1) is 5.82 Å². The molecule has 0 spiro atoms. The lowest BCUT2D eigenvalue weighted by atomic mass is 9.89. The molecule has 136 valence electrons. The molecule has 0 radical (unpaired) electrons. The predicted molar refractivity (Wildman–Crippen MR) is 95.6 cm³/mol. The molecule has 1 heterocycles. The summed E-state index contributed by atoms with van der Waals surface area (Å²) in [7, 11) is 2.97. The fourth-order valence-electron chi connectivity index (χ4n) is 2.83. The molecule has 3 rings (SSSR count). The zero-order chi connectivity index (χ0) is 18.8. The quantitative estimate of drug-likeness (QED) is 0.852. The summed E-state index contributed by atoms with van der Waals surface area (Å²) in [6.45, 7) is 0. The third kappa shape index (κ3) is 3.43. The number of carbonyl (C=O) groups is 2. The van der Waals surface area contributed by atoms with Crippen LogP contribution in [0.15, 0.2) is 30.3 Å². The highest BCUT2D eigenvalue weighted by molar-refractivity contribution is 6.31. The summed E-state index contributed by atoms with van der Waals surface area (Å²) < 4.78 is 23.8. The first kappa shape index (κ1) is 18.0. The van der Waals surface area contributed by atoms with Crippen LogP contribution in [0.5, 0.6) is 11.5 Å². The largest absolute Gasteiger partial charge is 0.493 e. The smallest absolute Gasteiger partial charge is 0.232 e. The van der Waals surface area contributed by atoms with Gasteiger partial charge in [-0.2, -0.15) is 0 Å². The first-order valence-corrected chi connectivity index (χ1v) is 8.12. The van der Waals surface area contributed by atoms with Gasteiger partial charge in [0.05, 0.1) is 25.2 Å². The number of carbonyl (C=O) groups excluding carboxylic acids is 2. The maximum Gasteiger partial charge on any atom is 0.232 e. The molecular formula is C18H16ClFN2O4. The van der Waals surface area contributed by atoms with Crippen LogP contribution in [0.2, 0.25) is 5.02 Å². The van der Waals surface area contributed by atoms with Crippen molar-refractivity contribution in [3.05, 3.63) is 46.7 Å². The van der Waals surface area contributed by atoms with E-state index in [9.17, 15) is 14.0 Å². The Labute approximate surface area is 154 Å². The Morgan fingerprint density at radius 2 is 1.92 bits per heavy atom. The van der Waals surface area contributed by atoms with Crippen LogP contribution in [0.25, 0.3) is 0 Å². The van der Waals surface area contributed by atoms with Crippen molar-refractivity contribution in [1.29, 1.82) is 0 Å². The second-order valence-electron chi connectivity index (χ2n) is 5.72. The van der Waals surface area contributed by atoms with E-state index in [1.165, 1.54) is 26.4 Å². The molecule has 6 nitrogen and oxygen atoms in total. The highest BCUT2D eigenvalue weighted by Gasteiger charge is 2.32. The molecule has 0 saturated carbocycles. The highest BCUT2D eigenvalue weighted by atomic mass is 35.5. The number of nitrogens with one attached hydrogen (secondary N) is 2. The van der Waals surface area contributed by atoms with Crippen molar-refractivity contribution in [1.82, 2.24) is 0 Å². The number of benzene rings is 2. The Balaban J connectivity index is 1.94. The van der Waals surface area contributed by atoms with Crippen molar-refractivity contribution >= 4 is 34.8 Å². The molecule has 1 aliphatic rings. The van der Waals surface area contributed by atoms with E-state index < -0.39 is 17.6 Å². The Morgan fingerprint density at radius 1 is 1.23 bits per heavy atom. The molecule has 2 amide bonds. The van der Waals surface area contributed by atoms with Gasteiger partial charge >= 0.3 is 0 Å². The number of ether oxygens (including phenoxy) is 2. The third-order valence-corrected chi connectivity index (χ3v) is 4.39. The normalized spacial score (nSPS) is 15.7. The molecule has 26 heavy (non-hydrogen) atoms. The molecule has 2 aromatic rings. The topological polar surface area (TPSA) is 76.7 Å². The van der Waals surface area contributed by atoms with E-state index in [0.717, 1.165) is 6.07 Å². The van der Waals surface area contributed by atoms with Gasteiger partial charge in [-0.3, -0.25) is 9.59 Å². The number of halogens is 2. The van der Waals surface area contributed by atoms with Gasteiger partial charge in [0.2, 0.25) is 11.8 Å². The minimum atomic E-state index is -0.734. The van der Waals surface area contributed by atoms with Gasteiger partial charge in [-0.05, 0) is 29.8 Å². The number of hydrogen-bond donors (Lipinski definition) is 2. The van der Waals surface area contributed by atoms with Crippen molar-refractivity contribution in [2.45, 2.75) is 12.3 Å². The number of rotatable bonds is 4. The molecule has 0 fully saturated rings. The summed E-state index contributed by atoms with van der Waals surface area (Å²) in [5.41, 5.74) is 1.43. The van der Waals surface area contributed by atoms with E-state index in [-0.39, 0.29) is 17.4 Å². The Bertz CT molecular complexity index is 888. The van der Waals surface area contributed by atoms with Gasteiger partial charge in [-0.1, -0.05) is 11.6 Å². The summed E-state index contributed by atoms with van der Waals surface area (Å²) in [6.07, 6.45) is -0.0246. The molecule has 0 unspecified atom stereocenters. The van der Waals surface area contributed by atoms with E-state index in [4.69, 9.17) is 21.1 Å². The van der Waals surface area contributed by atoms with Crippen LogP contribution in [0.1, 0.15) is 17.9 Å². The molecule has 0 saturated heterocycles. The van der Waals surface area contributed by atoms with E-state index in [0.29, 0.717) is 28.4 Å². The molecule has 0 aromatic heterocycles. The van der Waals surface area contributed by atoms with Crippen molar-refractivity contribution in [3.8, 4) is 11.5 Å². The lowest BCUT2D eigenvalue weighted by Gasteiger charge is -2.26.